The SMILES string of the molecule is C[C@H]1C[C@H]1c1ccc2c(c1)C1(NC(=O)NC1O)c1cc(F)ccc1-2. The predicted molar refractivity (Wildman–Crippen MR) is 86.8 cm³/mol. The molecule has 1 aliphatic heterocycles. The molecule has 1 saturated carbocycles. The summed E-state index contributed by atoms with van der Waals surface area (Å²) in [7, 11) is 0. The van der Waals surface area contributed by atoms with Crippen LogP contribution in [0, 0.1) is 11.7 Å². The van der Waals surface area contributed by atoms with Crippen molar-refractivity contribution in [1.29, 1.82) is 0 Å². The second-order valence-corrected chi connectivity index (χ2v) is 7.12. The van der Waals surface area contributed by atoms with E-state index in [1.165, 1.54) is 17.7 Å². The maximum Gasteiger partial charge on any atom is 0.318 e. The molecule has 2 unspecified atom stereocenters. The second kappa shape index (κ2) is 4.36. The van der Waals surface area contributed by atoms with Gasteiger partial charge in [-0.25, -0.2) is 9.18 Å². The van der Waals surface area contributed by atoms with Gasteiger partial charge < -0.3 is 15.7 Å². The fourth-order valence-corrected chi connectivity index (χ4v) is 4.31. The highest BCUT2D eigenvalue weighted by Gasteiger charge is 2.54. The van der Waals surface area contributed by atoms with Crippen molar-refractivity contribution in [2.24, 2.45) is 5.92 Å². The van der Waals surface area contributed by atoms with Gasteiger partial charge in [0.25, 0.3) is 0 Å². The average Bonchev–Trinajstić information content (AvgIpc) is 3.12. The average molecular weight is 324 g/mol. The molecule has 1 spiro atoms. The van der Waals surface area contributed by atoms with Crippen molar-refractivity contribution >= 4 is 6.03 Å². The number of carbonyl (C=O) groups excluding carboxylic acids is 1. The van der Waals surface area contributed by atoms with Crippen LogP contribution in [0.4, 0.5) is 9.18 Å². The van der Waals surface area contributed by atoms with E-state index in [9.17, 15) is 14.3 Å². The van der Waals surface area contributed by atoms with Crippen molar-refractivity contribution in [2.75, 3.05) is 0 Å². The Hall–Kier alpha value is -2.40. The maximum absolute atomic E-state index is 13.9. The molecule has 2 aromatic rings. The predicted octanol–water partition coefficient (Wildman–Crippen LogP) is 2.80. The maximum atomic E-state index is 13.9. The molecule has 0 aromatic heterocycles. The van der Waals surface area contributed by atoms with Crippen LogP contribution in [0.1, 0.15) is 36.0 Å². The van der Waals surface area contributed by atoms with E-state index in [1.807, 2.05) is 6.07 Å². The van der Waals surface area contributed by atoms with Crippen LogP contribution in [0.5, 0.6) is 0 Å². The number of aliphatic hydroxyl groups excluding tert-OH is 1. The number of nitrogens with one attached hydrogen (secondary N) is 2. The zero-order chi connectivity index (χ0) is 16.6. The first-order chi connectivity index (χ1) is 11.5. The highest BCUT2D eigenvalue weighted by atomic mass is 19.1. The van der Waals surface area contributed by atoms with Gasteiger partial charge in [0.2, 0.25) is 0 Å². The van der Waals surface area contributed by atoms with Gasteiger partial charge in [-0.1, -0.05) is 31.2 Å². The van der Waals surface area contributed by atoms with Crippen molar-refractivity contribution in [3.8, 4) is 11.1 Å². The van der Waals surface area contributed by atoms with Gasteiger partial charge in [0.05, 0.1) is 0 Å². The Balaban J connectivity index is 1.78. The molecular weight excluding hydrogens is 307 g/mol. The summed E-state index contributed by atoms with van der Waals surface area (Å²) in [6.07, 6.45) is 0.0132. The minimum Gasteiger partial charge on any atom is -0.370 e. The van der Waals surface area contributed by atoms with Gasteiger partial charge in [0.15, 0.2) is 6.23 Å². The van der Waals surface area contributed by atoms with Crippen LogP contribution in [0.25, 0.3) is 11.1 Å². The van der Waals surface area contributed by atoms with Gasteiger partial charge in [-0.05, 0) is 58.2 Å². The molecule has 0 bridgehead atoms. The van der Waals surface area contributed by atoms with Gasteiger partial charge in [0, 0.05) is 0 Å². The third kappa shape index (κ3) is 1.62. The van der Waals surface area contributed by atoms with Crippen LogP contribution in [0.15, 0.2) is 36.4 Å². The molecule has 1 heterocycles. The third-order valence-corrected chi connectivity index (χ3v) is 5.69. The fourth-order valence-electron chi connectivity index (χ4n) is 4.31. The van der Waals surface area contributed by atoms with Crippen LogP contribution >= 0.6 is 0 Å². The lowest BCUT2D eigenvalue weighted by Crippen LogP contribution is -2.46. The Bertz CT molecular complexity index is 897. The monoisotopic (exact) mass is 324 g/mol. The molecule has 122 valence electrons. The summed E-state index contributed by atoms with van der Waals surface area (Å²) in [4.78, 5) is 11.9. The topological polar surface area (TPSA) is 61.4 Å². The van der Waals surface area contributed by atoms with Crippen LogP contribution < -0.4 is 10.6 Å². The summed E-state index contributed by atoms with van der Waals surface area (Å²) in [6.45, 7) is 2.21. The van der Waals surface area contributed by atoms with Gasteiger partial charge in [-0.15, -0.1) is 0 Å². The van der Waals surface area contributed by atoms with Crippen molar-refractivity contribution in [2.45, 2.75) is 31.0 Å². The molecule has 5 rings (SSSR count). The van der Waals surface area contributed by atoms with E-state index in [0.717, 1.165) is 23.1 Å². The summed E-state index contributed by atoms with van der Waals surface area (Å²) in [5, 5.41) is 16.0. The molecule has 4 atom stereocenters. The minimum atomic E-state index is -1.14. The number of rotatable bonds is 1. The number of hydrogen-bond donors (Lipinski definition) is 3. The van der Waals surface area contributed by atoms with E-state index in [4.69, 9.17) is 0 Å². The lowest BCUT2D eigenvalue weighted by Gasteiger charge is -2.29. The van der Waals surface area contributed by atoms with Crippen LogP contribution in [0.2, 0.25) is 0 Å². The molecule has 2 aliphatic carbocycles. The smallest absolute Gasteiger partial charge is 0.318 e. The van der Waals surface area contributed by atoms with Crippen LogP contribution in [-0.4, -0.2) is 17.4 Å². The van der Waals surface area contributed by atoms with E-state index in [0.29, 0.717) is 17.4 Å². The van der Waals surface area contributed by atoms with Gasteiger partial charge in [-0.2, -0.15) is 0 Å². The van der Waals surface area contributed by atoms with E-state index >= 15 is 0 Å². The third-order valence-electron chi connectivity index (χ3n) is 5.69. The summed E-state index contributed by atoms with van der Waals surface area (Å²) in [6, 6.07) is 10.3. The number of benzene rings is 2. The Labute approximate surface area is 138 Å². The van der Waals surface area contributed by atoms with Crippen LogP contribution in [-0.2, 0) is 5.54 Å². The lowest BCUT2D eigenvalue weighted by atomic mass is 9.85. The van der Waals surface area contributed by atoms with Crippen molar-refractivity contribution in [1.82, 2.24) is 10.6 Å². The first kappa shape index (κ1) is 14.0. The van der Waals surface area contributed by atoms with Gasteiger partial charge in [-0.3, -0.25) is 0 Å². The largest absolute Gasteiger partial charge is 0.370 e. The minimum absolute atomic E-state index is 0.384. The number of hydrogen-bond acceptors (Lipinski definition) is 2. The van der Waals surface area contributed by atoms with Crippen LogP contribution in [0.3, 0.4) is 0 Å². The summed E-state index contributed by atoms with van der Waals surface area (Å²) < 4.78 is 13.9. The molecule has 4 nitrogen and oxygen atoms in total. The number of urea groups is 1. The molecular formula is C19H17FN2O2. The molecule has 2 aromatic carbocycles. The van der Waals surface area contributed by atoms with E-state index in [-0.39, 0.29) is 5.82 Å². The molecule has 1 saturated heterocycles. The number of aliphatic hydroxyl groups is 1. The van der Waals surface area contributed by atoms with Gasteiger partial charge in [0.1, 0.15) is 11.4 Å². The lowest BCUT2D eigenvalue weighted by molar-refractivity contribution is 0.104. The highest BCUT2D eigenvalue weighted by molar-refractivity contribution is 5.88. The Morgan fingerprint density at radius 1 is 1.17 bits per heavy atom. The summed E-state index contributed by atoms with van der Waals surface area (Å²) in [5.74, 6) is 0.793. The van der Waals surface area contributed by atoms with Crippen molar-refractivity contribution < 1.29 is 14.3 Å². The van der Waals surface area contributed by atoms with E-state index < -0.39 is 17.8 Å². The molecule has 24 heavy (non-hydrogen) atoms. The van der Waals surface area contributed by atoms with E-state index in [1.54, 1.807) is 6.07 Å². The molecule has 2 amide bonds. The molecule has 0 radical (unpaired) electrons. The van der Waals surface area contributed by atoms with Crippen molar-refractivity contribution in [3.63, 3.8) is 0 Å². The Morgan fingerprint density at radius 3 is 2.46 bits per heavy atom. The Kier molecular flexibility index (Phi) is 2.54. The summed E-state index contributed by atoms with van der Waals surface area (Å²) in [5.41, 5.74) is 3.31. The standard InChI is InChI=1S/C19H17FN2O2/c1-9-6-14(9)10-2-4-12-13-5-3-11(20)8-16(13)19(15(12)7-10)17(23)21-18(24)22-19/h2-5,7-9,14,17,23H,6H2,1H3,(H2,21,22,24)/t9-,14+,17?,19?/m0/s1. The highest BCUT2D eigenvalue weighted by Crippen LogP contribution is 2.53. The molecule has 5 heteroatoms. The fraction of sp³-hybridized carbons (Fsp3) is 0.316. The zero-order valence-electron chi connectivity index (χ0n) is 13.1. The zero-order valence-corrected chi connectivity index (χ0v) is 13.1. The Morgan fingerprint density at radius 2 is 1.83 bits per heavy atom. The number of amides is 2. The number of fused-ring (bicyclic) bond motifs is 5. The number of halogens is 1. The molecule has 2 fully saturated rings. The summed E-state index contributed by atoms with van der Waals surface area (Å²) >= 11 is 0. The first-order valence-corrected chi connectivity index (χ1v) is 8.22. The normalized spacial score (nSPS) is 32.3. The van der Waals surface area contributed by atoms with E-state index in [2.05, 4.69) is 29.7 Å². The molecule has 3 N–H and O–H groups in total. The molecule has 3 aliphatic rings. The quantitative estimate of drug-likeness (QED) is 0.755. The first-order valence-electron chi connectivity index (χ1n) is 8.22. The number of carbonyl (C=O) groups is 1. The second-order valence-electron chi connectivity index (χ2n) is 7.12. The van der Waals surface area contributed by atoms with Gasteiger partial charge >= 0.3 is 6.03 Å². The van der Waals surface area contributed by atoms with Crippen molar-refractivity contribution in [3.05, 3.63) is 58.9 Å².